The summed E-state index contributed by atoms with van der Waals surface area (Å²) in [6.07, 6.45) is 3.67. The molecule has 0 radical (unpaired) electrons. The average molecular weight is 286 g/mol. The summed E-state index contributed by atoms with van der Waals surface area (Å²) in [5, 5.41) is 11.4. The van der Waals surface area contributed by atoms with E-state index < -0.39 is 5.97 Å². The van der Waals surface area contributed by atoms with Gasteiger partial charge in [0.15, 0.2) is 0 Å². The SMILES string of the molecule is CC1(C)CN(C(=O)NCCCCCCC(=O)O)CCO1. The van der Waals surface area contributed by atoms with Crippen LogP contribution in [0.25, 0.3) is 0 Å². The number of hydrogen-bond acceptors (Lipinski definition) is 3. The molecule has 6 heteroatoms. The number of ether oxygens (including phenoxy) is 1. The monoisotopic (exact) mass is 286 g/mol. The summed E-state index contributed by atoms with van der Waals surface area (Å²) in [4.78, 5) is 24.1. The third-order valence-electron chi connectivity index (χ3n) is 3.31. The van der Waals surface area contributed by atoms with E-state index in [1.165, 1.54) is 0 Å². The molecule has 0 aromatic rings. The Hall–Kier alpha value is -1.30. The third kappa shape index (κ3) is 6.75. The minimum Gasteiger partial charge on any atom is -0.481 e. The van der Waals surface area contributed by atoms with Crippen molar-refractivity contribution in [3.63, 3.8) is 0 Å². The molecule has 0 aliphatic carbocycles. The largest absolute Gasteiger partial charge is 0.481 e. The van der Waals surface area contributed by atoms with E-state index in [2.05, 4.69) is 5.32 Å². The Kier molecular flexibility index (Phi) is 6.78. The number of carboxylic acid groups (broad SMARTS) is 1. The molecule has 6 nitrogen and oxygen atoms in total. The molecule has 1 fully saturated rings. The number of urea groups is 1. The van der Waals surface area contributed by atoms with Gasteiger partial charge in [-0.1, -0.05) is 12.8 Å². The van der Waals surface area contributed by atoms with Crippen LogP contribution >= 0.6 is 0 Å². The average Bonchev–Trinajstić information content (AvgIpc) is 2.35. The van der Waals surface area contributed by atoms with Crippen LogP contribution in [0, 0.1) is 0 Å². The second-order valence-electron chi connectivity index (χ2n) is 5.82. The first kappa shape index (κ1) is 16.8. The predicted molar refractivity (Wildman–Crippen MR) is 75.7 cm³/mol. The smallest absolute Gasteiger partial charge is 0.317 e. The van der Waals surface area contributed by atoms with E-state index in [0.717, 1.165) is 19.3 Å². The lowest BCUT2D eigenvalue weighted by molar-refractivity contribution is -0.137. The predicted octanol–water partition coefficient (Wildman–Crippen LogP) is 1.84. The van der Waals surface area contributed by atoms with E-state index >= 15 is 0 Å². The van der Waals surface area contributed by atoms with Crippen molar-refractivity contribution in [2.24, 2.45) is 0 Å². The van der Waals surface area contributed by atoms with Gasteiger partial charge in [-0.15, -0.1) is 0 Å². The summed E-state index contributed by atoms with van der Waals surface area (Å²) in [6, 6.07) is -0.0353. The maximum absolute atomic E-state index is 11.9. The van der Waals surface area contributed by atoms with Crippen molar-refractivity contribution < 1.29 is 19.4 Å². The van der Waals surface area contributed by atoms with Gasteiger partial charge in [0.2, 0.25) is 0 Å². The maximum atomic E-state index is 11.9. The maximum Gasteiger partial charge on any atom is 0.317 e. The lowest BCUT2D eigenvalue weighted by Gasteiger charge is -2.38. The zero-order valence-corrected chi connectivity index (χ0v) is 12.5. The van der Waals surface area contributed by atoms with Gasteiger partial charge in [-0.3, -0.25) is 4.79 Å². The molecule has 0 saturated carbocycles. The van der Waals surface area contributed by atoms with Gasteiger partial charge in [-0.2, -0.15) is 0 Å². The molecular formula is C14H26N2O4. The van der Waals surface area contributed by atoms with Gasteiger partial charge in [0.25, 0.3) is 0 Å². The molecule has 20 heavy (non-hydrogen) atoms. The Labute approximate surface area is 120 Å². The fourth-order valence-corrected chi connectivity index (χ4v) is 2.25. The Morgan fingerprint density at radius 3 is 2.60 bits per heavy atom. The Balaban J connectivity index is 2.07. The fraction of sp³-hybridized carbons (Fsp3) is 0.857. The molecule has 0 aromatic carbocycles. The molecule has 0 aromatic heterocycles. The molecule has 1 saturated heterocycles. The van der Waals surface area contributed by atoms with Gasteiger partial charge in [-0.05, 0) is 26.7 Å². The number of nitrogens with one attached hydrogen (secondary N) is 1. The van der Waals surface area contributed by atoms with Gasteiger partial charge >= 0.3 is 12.0 Å². The molecule has 1 aliphatic rings. The standard InChI is InChI=1S/C14H26N2O4/c1-14(2)11-16(9-10-20-14)13(19)15-8-6-4-3-5-7-12(17)18/h3-11H2,1-2H3,(H,15,19)(H,17,18). The lowest BCUT2D eigenvalue weighted by Crippen LogP contribution is -2.53. The van der Waals surface area contributed by atoms with E-state index in [-0.39, 0.29) is 18.1 Å². The summed E-state index contributed by atoms with van der Waals surface area (Å²) in [7, 11) is 0. The van der Waals surface area contributed by atoms with E-state index in [4.69, 9.17) is 9.84 Å². The van der Waals surface area contributed by atoms with Crippen molar-refractivity contribution >= 4 is 12.0 Å². The molecule has 0 atom stereocenters. The third-order valence-corrected chi connectivity index (χ3v) is 3.31. The Morgan fingerprint density at radius 2 is 1.95 bits per heavy atom. The van der Waals surface area contributed by atoms with Crippen LogP contribution in [-0.4, -0.2) is 53.8 Å². The molecule has 1 aliphatic heterocycles. The first-order valence-corrected chi connectivity index (χ1v) is 7.29. The summed E-state index contributed by atoms with van der Waals surface area (Å²) in [6.45, 7) is 6.43. The zero-order chi connectivity index (χ0) is 15.0. The number of nitrogens with zero attached hydrogens (tertiary/aromatic N) is 1. The van der Waals surface area contributed by atoms with Crippen molar-refractivity contribution in [2.75, 3.05) is 26.2 Å². The topological polar surface area (TPSA) is 78.9 Å². The van der Waals surface area contributed by atoms with Crippen molar-refractivity contribution in [1.82, 2.24) is 10.2 Å². The summed E-state index contributed by atoms with van der Waals surface area (Å²) >= 11 is 0. The van der Waals surface area contributed by atoms with E-state index in [9.17, 15) is 9.59 Å². The first-order valence-electron chi connectivity index (χ1n) is 7.29. The van der Waals surface area contributed by atoms with Crippen LogP contribution in [0.4, 0.5) is 4.79 Å². The van der Waals surface area contributed by atoms with Gasteiger partial charge in [0.05, 0.1) is 18.8 Å². The molecule has 1 heterocycles. The molecule has 2 N–H and O–H groups in total. The quantitative estimate of drug-likeness (QED) is 0.700. The minimum atomic E-state index is -0.742. The second-order valence-corrected chi connectivity index (χ2v) is 5.82. The van der Waals surface area contributed by atoms with Crippen LogP contribution in [0.1, 0.15) is 46.0 Å². The number of carboxylic acids is 1. The number of rotatable bonds is 7. The number of aliphatic carboxylic acids is 1. The van der Waals surface area contributed by atoms with Crippen LogP contribution in [0.3, 0.4) is 0 Å². The first-order chi connectivity index (χ1) is 9.41. The highest BCUT2D eigenvalue weighted by atomic mass is 16.5. The fourth-order valence-electron chi connectivity index (χ4n) is 2.25. The van der Waals surface area contributed by atoms with E-state index in [0.29, 0.717) is 32.7 Å². The number of carbonyl (C=O) groups is 2. The highest BCUT2D eigenvalue weighted by Crippen LogP contribution is 2.16. The normalized spacial score (nSPS) is 17.8. The molecule has 2 amide bonds. The van der Waals surface area contributed by atoms with Crippen molar-refractivity contribution in [3.8, 4) is 0 Å². The van der Waals surface area contributed by atoms with Crippen molar-refractivity contribution in [2.45, 2.75) is 51.6 Å². The second kappa shape index (κ2) is 8.09. The van der Waals surface area contributed by atoms with Crippen molar-refractivity contribution in [3.05, 3.63) is 0 Å². The van der Waals surface area contributed by atoms with Gasteiger partial charge in [-0.25, -0.2) is 4.79 Å². The van der Waals surface area contributed by atoms with Crippen molar-refractivity contribution in [1.29, 1.82) is 0 Å². The highest BCUT2D eigenvalue weighted by Gasteiger charge is 2.29. The summed E-state index contributed by atoms with van der Waals surface area (Å²) in [5.41, 5.74) is -0.271. The zero-order valence-electron chi connectivity index (χ0n) is 12.5. The number of amides is 2. The molecule has 0 unspecified atom stereocenters. The molecule has 0 bridgehead atoms. The number of hydrogen-bond donors (Lipinski definition) is 2. The molecule has 1 rings (SSSR count). The Bertz CT molecular complexity index is 331. The minimum absolute atomic E-state index is 0.0353. The van der Waals surface area contributed by atoms with Gasteiger partial charge < -0.3 is 20.1 Å². The number of carbonyl (C=O) groups excluding carboxylic acids is 1. The summed E-state index contributed by atoms with van der Waals surface area (Å²) in [5.74, 6) is -0.742. The van der Waals surface area contributed by atoms with Crippen LogP contribution < -0.4 is 5.32 Å². The van der Waals surface area contributed by atoms with Crippen LogP contribution in [0.15, 0.2) is 0 Å². The highest BCUT2D eigenvalue weighted by molar-refractivity contribution is 5.74. The van der Waals surface area contributed by atoms with Crippen LogP contribution in [0.5, 0.6) is 0 Å². The number of unbranched alkanes of at least 4 members (excludes halogenated alkanes) is 3. The Morgan fingerprint density at radius 1 is 1.25 bits per heavy atom. The van der Waals surface area contributed by atoms with Gasteiger partial charge in [0, 0.05) is 19.5 Å². The lowest BCUT2D eigenvalue weighted by atomic mass is 10.1. The van der Waals surface area contributed by atoms with Crippen LogP contribution in [0.2, 0.25) is 0 Å². The summed E-state index contributed by atoms with van der Waals surface area (Å²) < 4.78 is 5.57. The number of morpholine rings is 1. The van der Waals surface area contributed by atoms with Gasteiger partial charge in [0.1, 0.15) is 0 Å². The van der Waals surface area contributed by atoms with E-state index in [1.54, 1.807) is 4.90 Å². The molecule has 0 spiro atoms. The van der Waals surface area contributed by atoms with E-state index in [1.807, 2.05) is 13.8 Å². The van der Waals surface area contributed by atoms with Crippen LogP contribution in [-0.2, 0) is 9.53 Å². The molecular weight excluding hydrogens is 260 g/mol. The molecule has 116 valence electrons.